The molecule has 7 nitrogen and oxygen atoms in total. The van der Waals surface area contributed by atoms with Crippen LogP contribution in [0.2, 0.25) is 0 Å². The number of nitrogens with one attached hydrogen (secondary N) is 2. The molecule has 0 amide bonds. The summed E-state index contributed by atoms with van der Waals surface area (Å²) in [6.07, 6.45) is -1.33. The Morgan fingerprint density at radius 1 is 1.53 bits per heavy atom. The largest absolute Gasteiger partial charge is 0.391 e. The zero-order valence-corrected chi connectivity index (χ0v) is 9.47. The molecule has 1 aliphatic rings. The number of anilines is 2. The van der Waals surface area contributed by atoms with Gasteiger partial charge in [0.15, 0.2) is 0 Å². The van der Waals surface area contributed by atoms with Crippen LogP contribution in [0.5, 0.6) is 0 Å². The van der Waals surface area contributed by atoms with Crippen LogP contribution in [0.25, 0.3) is 0 Å². The van der Waals surface area contributed by atoms with Crippen LogP contribution in [0.4, 0.5) is 11.8 Å². The molecule has 7 heteroatoms. The van der Waals surface area contributed by atoms with Crippen molar-refractivity contribution in [2.45, 2.75) is 25.6 Å². The number of aliphatic hydroxyl groups is 2. The molecule has 1 aromatic rings. The van der Waals surface area contributed by atoms with Gasteiger partial charge in [-0.25, -0.2) is 0 Å². The summed E-state index contributed by atoms with van der Waals surface area (Å²) in [6, 6.07) is 0. The van der Waals surface area contributed by atoms with Gasteiger partial charge in [-0.05, 0) is 13.3 Å². The first-order chi connectivity index (χ1) is 7.99. The molecule has 0 aromatic carbocycles. The minimum absolute atomic E-state index is 0.0655. The highest BCUT2D eigenvalue weighted by Crippen LogP contribution is 2.23. The fraction of sp³-hybridized carbons (Fsp3) is 0.600. The molecular formula is C10H16N4O3. The van der Waals surface area contributed by atoms with Gasteiger partial charge in [0.1, 0.15) is 5.82 Å². The van der Waals surface area contributed by atoms with Crippen LogP contribution in [0.1, 0.15) is 12.5 Å². The second-order valence-electron chi connectivity index (χ2n) is 4.35. The third-order valence-electron chi connectivity index (χ3n) is 3.01. The van der Waals surface area contributed by atoms with Gasteiger partial charge in [-0.15, -0.1) is 0 Å². The molecule has 6 N–H and O–H groups in total. The number of nitrogens with zero attached hydrogens (tertiary/aromatic N) is 1. The van der Waals surface area contributed by atoms with E-state index < -0.39 is 12.2 Å². The summed E-state index contributed by atoms with van der Waals surface area (Å²) in [6.45, 7) is 1.97. The Kier molecular flexibility index (Phi) is 3.03. The number of aliphatic hydroxyl groups excluding tert-OH is 2. The summed E-state index contributed by atoms with van der Waals surface area (Å²) in [4.78, 5) is 18.1. The smallest absolute Gasteiger partial charge is 0.257 e. The fourth-order valence-corrected chi connectivity index (χ4v) is 2.05. The molecule has 0 bridgehead atoms. The van der Waals surface area contributed by atoms with Gasteiger partial charge >= 0.3 is 0 Å². The highest BCUT2D eigenvalue weighted by Gasteiger charge is 2.29. The van der Waals surface area contributed by atoms with Gasteiger partial charge in [0.05, 0.1) is 17.8 Å². The molecule has 0 aliphatic carbocycles. The van der Waals surface area contributed by atoms with Crippen molar-refractivity contribution in [3.63, 3.8) is 0 Å². The molecule has 2 heterocycles. The lowest BCUT2D eigenvalue weighted by atomic mass is 9.89. The molecule has 3 unspecified atom stereocenters. The van der Waals surface area contributed by atoms with Gasteiger partial charge in [0.25, 0.3) is 5.56 Å². The average Bonchev–Trinajstić information content (AvgIpc) is 2.27. The summed E-state index contributed by atoms with van der Waals surface area (Å²) in [5, 5.41) is 22.1. The number of nitrogen functional groups attached to an aromatic ring is 1. The first-order valence-electron chi connectivity index (χ1n) is 5.47. The van der Waals surface area contributed by atoms with Crippen LogP contribution in [-0.2, 0) is 6.42 Å². The maximum Gasteiger partial charge on any atom is 0.257 e. The second kappa shape index (κ2) is 4.34. The van der Waals surface area contributed by atoms with E-state index in [0.29, 0.717) is 24.3 Å². The molecule has 2 rings (SSSR count). The van der Waals surface area contributed by atoms with E-state index in [1.165, 1.54) is 6.92 Å². The van der Waals surface area contributed by atoms with E-state index in [1.54, 1.807) is 0 Å². The quantitative estimate of drug-likeness (QED) is 0.436. The molecule has 0 saturated carbocycles. The SMILES string of the molecule is CC(O)C(O)C1CNc2nc(N)[nH]c(=O)c2C1. The average molecular weight is 240 g/mol. The highest BCUT2D eigenvalue weighted by molar-refractivity contribution is 5.48. The van der Waals surface area contributed by atoms with E-state index in [2.05, 4.69) is 15.3 Å². The summed E-state index contributed by atoms with van der Waals surface area (Å²) in [7, 11) is 0. The van der Waals surface area contributed by atoms with E-state index in [1.807, 2.05) is 0 Å². The normalized spacial score (nSPS) is 22.4. The summed E-state index contributed by atoms with van der Waals surface area (Å²) in [5.74, 6) is 0.310. The Bertz CT molecular complexity index is 471. The van der Waals surface area contributed by atoms with Crippen LogP contribution in [0.3, 0.4) is 0 Å². The van der Waals surface area contributed by atoms with Gasteiger partial charge in [-0.3, -0.25) is 9.78 Å². The number of hydrogen-bond donors (Lipinski definition) is 5. The molecule has 1 aliphatic heterocycles. The zero-order chi connectivity index (χ0) is 12.6. The number of aromatic amines is 1. The lowest BCUT2D eigenvalue weighted by Crippen LogP contribution is -2.41. The Labute approximate surface area is 97.7 Å². The predicted octanol–water partition coefficient (Wildman–Crippen LogP) is -1.32. The molecule has 17 heavy (non-hydrogen) atoms. The molecule has 94 valence electrons. The van der Waals surface area contributed by atoms with Gasteiger partial charge in [0, 0.05) is 12.5 Å². The summed E-state index contributed by atoms with van der Waals surface area (Å²) in [5.41, 5.74) is 5.59. The van der Waals surface area contributed by atoms with E-state index >= 15 is 0 Å². The van der Waals surface area contributed by atoms with Crippen molar-refractivity contribution >= 4 is 11.8 Å². The Balaban J connectivity index is 2.27. The number of hydrogen-bond acceptors (Lipinski definition) is 6. The molecule has 0 radical (unpaired) electrons. The van der Waals surface area contributed by atoms with Crippen LogP contribution in [0.15, 0.2) is 4.79 Å². The molecular weight excluding hydrogens is 224 g/mol. The lowest BCUT2D eigenvalue weighted by Gasteiger charge is -2.29. The van der Waals surface area contributed by atoms with Crippen molar-refractivity contribution in [1.29, 1.82) is 0 Å². The highest BCUT2D eigenvalue weighted by atomic mass is 16.3. The second-order valence-corrected chi connectivity index (χ2v) is 4.35. The standard InChI is InChI=1S/C10H16N4O3/c1-4(15)7(16)5-2-6-8(12-3-5)13-10(11)14-9(6)17/h4-5,7,15-16H,2-3H2,1H3,(H4,11,12,13,14,17). The van der Waals surface area contributed by atoms with Crippen LogP contribution in [-0.4, -0.2) is 38.9 Å². The van der Waals surface area contributed by atoms with Crippen molar-refractivity contribution in [1.82, 2.24) is 9.97 Å². The maximum absolute atomic E-state index is 11.7. The minimum Gasteiger partial charge on any atom is -0.391 e. The number of nitrogens with two attached hydrogens (primary N) is 1. The number of aromatic nitrogens is 2. The Hall–Kier alpha value is -1.60. The first-order valence-corrected chi connectivity index (χ1v) is 5.47. The van der Waals surface area contributed by atoms with Gasteiger partial charge in [0.2, 0.25) is 5.95 Å². The van der Waals surface area contributed by atoms with Crippen molar-refractivity contribution in [3.8, 4) is 0 Å². The van der Waals surface area contributed by atoms with Gasteiger partial charge < -0.3 is 21.3 Å². The lowest BCUT2D eigenvalue weighted by molar-refractivity contribution is -0.00446. The fourth-order valence-electron chi connectivity index (χ4n) is 2.05. The minimum atomic E-state index is -0.868. The van der Waals surface area contributed by atoms with E-state index in [9.17, 15) is 15.0 Å². The maximum atomic E-state index is 11.7. The monoisotopic (exact) mass is 240 g/mol. The van der Waals surface area contributed by atoms with Crippen LogP contribution >= 0.6 is 0 Å². The van der Waals surface area contributed by atoms with Gasteiger partial charge in [-0.2, -0.15) is 4.98 Å². The van der Waals surface area contributed by atoms with E-state index in [0.717, 1.165) is 0 Å². The molecule has 3 atom stereocenters. The molecule has 0 spiro atoms. The summed E-state index contributed by atoms with van der Waals surface area (Å²) < 4.78 is 0. The van der Waals surface area contributed by atoms with Crippen LogP contribution in [0, 0.1) is 5.92 Å². The zero-order valence-electron chi connectivity index (χ0n) is 9.47. The van der Waals surface area contributed by atoms with Crippen molar-refractivity contribution in [3.05, 3.63) is 15.9 Å². The predicted molar refractivity (Wildman–Crippen MR) is 62.6 cm³/mol. The number of rotatable bonds is 2. The Morgan fingerprint density at radius 2 is 2.24 bits per heavy atom. The van der Waals surface area contributed by atoms with Crippen molar-refractivity contribution in [2.75, 3.05) is 17.6 Å². The number of fused-ring (bicyclic) bond motifs is 1. The Morgan fingerprint density at radius 3 is 2.88 bits per heavy atom. The van der Waals surface area contributed by atoms with E-state index in [4.69, 9.17) is 5.73 Å². The molecule has 1 aromatic heterocycles. The first kappa shape index (κ1) is 11.9. The van der Waals surface area contributed by atoms with Crippen molar-refractivity contribution in [2.24, 2.45) is 5.92 Å². The van der Waals surface area contributed by atoms with Gasteiger partial charge in [-0.1, -0.05) is 0 Å². The van der Waals surface area contributed by atoms with Crippen molar-refractivity contribution < 1.29 is 10.2 Å². The topological polar surface area (TPSA) is 124 Å². The van der Waals surface area contributed by atoms with E-state index in [-0.39, 0.29) is 17.4 Å². The third-order valence-corrected chi connectivity index (χ3v) is 3.01. The van der Waals surface area contributed by atoms with Crippen LogP contribution < -0.4 is 16.6 Å². The molecule has 0 fully saturated rings. The number of H-pyrrole nitrogens is 1. The molecule has 0 saturated heterocycles. The summed E-state index contributed by atoms with van der Waals surface area (Å²) >= 11 is 0. The third kappa shape index (κ3) is 2.25.